The Bertz CT molecular complexity index is 467. The zero-order valence-corrected chi connectivity index (χ0v) is 12.7. The molecule has 2 rings (SSSR count). The van der Waals surface area contributed by atoms with Gasteiger partial charge in [-0.2, -0.15) is 0 Å². The highest BCUT2D eigenvalue weighted by Crippen LogP contribution is 2.37. The van der Waals surface area contributed by atoms with Crippen LogP contribution >= 0.6 is 11.6 Å². The molecule has 1 heterocycles. The fraction of sp³-hybridized carbons (Fsp3) is 0.571. The van der Waals surface area contributed by atoms with Crippen LogP contribution in [0.1, 0.15) is 38.8 Å². The van der Waals surface area contributed by atoms with E-state index in [0.29, 0.717) is 5.02 Å². The Balaban J connectivity index is 2.44. The second-order valence-corrected chi connectivity index (χ2v) is 6.40. The van der Waals surface area contributed by atoms with Crippen LogP contribution in [-0.4, -0.2) is 18.3 Å². The maximum absolute atomic E-state index is 6.31. The van der Waals surface area contributed by atoms with Crippen LogP contribution in [0.25, 0.3) is 0 Å². The van der Waals surface area contributed by atoms with E-state index in [-0.39, 0.29) is 18.3 Å². The van der Waals surface area contributed by atoms with Crippen LogP contribution in [0.15, 0.2) is 12.1 Å². The second kappa shape index (κ2) is 4.26. The molecule has 4 heteroatoms. The highest BCUT2D eigenvalue weighted by atomic mass is 35.5. The molecule has 1 fully saturated rings. The Kier molecular flexibility index (Phi) is 3.29. The summed E-state index contributed by atoms with van der Waals surface area (Å²) in [6.07, 6.45) is 0. The lowest BCUT2D eigenvalue weighted by Crippen LogP contribution is -2.41. The second-order valence-electron chi connectivity index (χ2n) is 5.99. The third-order valence-electron chi connectivity index (χ3n) is 4.22. The monoisotopic (exact) mass is 266 g/mol. The van der Waals surface area contributed by atoms with Crippen molar-refractivity contribution < 1.29 is 9.31 Å². The molecule has 1 saturated heterocycles. The first-order valence-electron chi connectivity index (χ1n) is 6.27. The number of benzene rings is 1. The van der Waals surface area contributed by atoms with Crippen molar-refractivity contribution >= 4 is 24.2 Å². The minimum atomic E-state index is -0.387. The van der Waals surface area contributed by atoms with E-state index in [4.69, 9.17) is 20.9 Å². The van der Waals surface area contributed by atoms with E-state index in [2.05, 4.69) is 13.8 Å². The van der Waals surface area contributed by atoms with Gasteiger partial charge in [0.1, 0.15) is 0 Å². The van der Waals surface area contributed by atoms with Crippen LogP contribution in [0.3, 0.4) is 0 Å². The number of hydrogen-bond donors (Lipinski definition) is 0. The SMILES string of the molecule is Cc1ccc(Cl)c(B2OC(C)(C)C(C)(C)O2)c1C. The molecule has 0 amide bonds. The normalized spacial score (nSPS) is 21.4. The predicted octanol–water partition coefficient (Wildman–Crippen LogP) is 3.26. The van der Waals surface area contributed by atoms with Gasteiger partial charge in [0.25, 0.3) is 0 Å². The maximum atomic E-state index is 6.31. The molecule has 0 unspecified atom stereocenters. The minimum Gasteiger partial charge on any atom is -0.399 e. The number of hydrogen-bond acceptors (Lipinski definition) is 2. The van der Waals surface area contributed by atoms with Crippen molar-refractivity contribution in [2.24, 2.45) is 0 Å². The molecule has 0 N–H and O–H groups in total. The van der Waals surface area contributed by atoms with E-state index in [1.165, 1.54) is 5.56 Å². The predicted molar refractivity (Wildman–Crippen MR) is 76.6 cm³/mol. The van der Waals surface area contributed by atoms with Gasteiger partial charge in [-0.25, -0.2) is 0 Å². The highest BCUT2D eigenvalue weighted by molar-refractivity contribution is 6.66. The van der Waals surface area contributed by atoms with Crippen LogP contribution in [0.5, 0.6) is 0 Å². The van der Waals surface area contributed by atoms with E-state index < -0.39 is 0 Å². The van der Waals surface area contributed by atoms with Crippen molar-refractivity contribution in [1.82, 2.24) is 0 Å². The Hall–Kier alpha value is -0.505. The molecule has 0 aromatic heterocycles. The van der Waals surface area contributed by atoms with Gasteiger partial charge in [-0.3, -0.25) is 0 Å². The Morgan fingerprint density at radius 2 is 1.50 bits per heavy atom. The molecule has 1 aliphatic heterocycles. The van der Waals surface area contributed by atoms with Gasteiger partial charge in [0.15, 0.2) is 0 Å². The van der Waals surface area contributed by atoms with Crippen molar-refractivity contribution in [1.29, 1.82) is 0 Å². The fourth-order valence-electron chi connectivity index (χ4n) is 2.05. The van der Waals surface area contributed by atoms with Crippen molar-refractivity contribution in [3.63, 3.8) is 0 Å². The van der Waals surface area contributed by atoms with Crippen molar-refractivity contribution in [3.8, 4) is 0 Å². The van der Waals surface area contributed by atoms with E-state index in [1.807, 2.05) is 39.8 Å². The molecule has 0 radical (unpaired) electrons. The third kappa shape index (κ3) is 2.09. The molecular formula is C14H20BClO2. The molecule has 18 heavy (non-hydrogen) atoms. The molecule has 1 aliphatic rings. The Morgan fingerprint density at radius 1 is 1.00 bits per heavy atom. The average molecular weight is 267 g/mol. The van der Waals surface area contributed by atoms with E-state index in [0.717, 1.165) is 11.0 Å². The van der Waals surface area contributed by atoms with Crippen LogP contribution in [0.4, 0.5) is 0 Å². The lowest BCUT2D eigenvalue weighted by atomic mass is 9.75. The molecule has 0 aliphatic carbocycles. The molecule has 98 valence electrons. The molecule has 1 aromatic carbocycles. The summed E-state index contributed by atoms with van der Waals surface area (Å²) in [6, 6.07) is 3.93. The number of rotatable bonds is 1. The highest BCUT2D eigenvalue weighted by Gasteiger charge is 2.52. The minimum absolute atomic E-state index is 0.336. The summed E-state index contributed by atoms with van der Waals surface area (Å²) in [5.41, 5.74) is 2.62. The first kappa shape index (κ1) is 13.9. The first-order chi connectivity index (χ1) is 8.16. The summed E-state index contributed by atoms with van der Waals surface area (Å²) in [5.74, 6) is 0. The molecule has 1 aromatic rings. The number of halogens is 1. The summed E-state index contributed by atoms with van der Waals surface area (Å²) >= 11 is 6.31. The van der Waals surface area contributed by atoms with Crippen LogP contribution in [-0.2, 0) is 9.31 Å². The molecule has 0 spiro atoms. The van der Waals surface area contributed by atoms with Crippen molar-refractivity contribution in [2.75, 3.05) is 0 Å². The van der Waals surface area contributed by atoms with Crippen LogP contribution < -0.4 is 5.46 Å². The Labute approximate surface area is 115 Å². The summed E-state index contributed by atoms with van der Waals surface area (Å²) in [7, 11) is -0.387. The topological polar surface area (TPSA) is 18.5 Å². The van der Waals surface area contributed by atoms with E-state index in [9.17, 15) is 0 Å². The lowest BCUT2D eigenvalue weighted by molar-refractivity contribution is 0.00578. The summed E-state index contributed by atoms with van der Waals surface area (Å²) < 4.78 is 12.1. The van der Waals surface area contributed by atoms with Gasteiger partial charge in [0.2, 0.25) is 0 Å². The fourth-order valence-corrected chi connectivity index (χ4v) is 2.35. The standard InChI is InChI=1S/C14H20BClO2/c1-9-7-8-11(16)12(10(9)2)15-17-13(3,4)14(5,6)18-15/h7-8H,1-6H3. The van der Waals surface area contributed by atoms with Gasteiger partial charge < -0.3 is 9.31 Å². The van der Waals surface area contributed by atoms with Crippen LogP contribution in [0, 0.1) is 13.8 Å². The number of aryl methyl sites for hydroxylation is 1. The Morgan fingerprint density at radius 3 is 2.00 bits per heavy atom. The van der Waals surface area contributed by atoms with Crippen molar-refractivity contribution in [2.45, 2.75) is 52.7 Å². The molecular weight excluding hydrogens is 246 g/mol. The lowest BCUT2D eigenvalue weighted by Gasteiger charge is -2.32. The smallest absolute Gasteiger partial charge is 0.399 e. The van der Waals surface area contributed by atoms with Gasteiger partial charge in [0.05, 0.1) is 11.2 Å². The largest absolute Gasteiger partial charge is 0.496 e. The summed E-state index contributed by atoms with van der Waals surface area (Å²) in [5, 5.41) is 0.705. The van der Waals surface area contributed by atoms with Crippen LogP contribution in [0.2, 0.25) is 5.02 Å². The summed E-state index contributed by atoms with van der Waals surface area (Å²) in [6.45, 7) is 12.3. The van der Waals surface area contributed by atoms with Gasteiger partial charge in [-0.05, 0) is 58.7 Å². The zero-order valence-electron chi connectivity index (χ0n) is 11.9. The van der Waals surface area contributed by atoms with Crippen molar-refractivity contribution in [3.05, 3.63) is 28.3 Å². The van der Waals surface area contributed by atoms with Gasteiger partial charge in [-0.15, -0.1) is 0 Å². The van der Waals surface area contributed by atoms with Gasteiger partial charge >= 0.3 is 7.12 Å². The van der Waals surface area contributed by atoms with E-state index in [1.54, 1.807) is 0 Å². The molecule has 0 saturated carbocycles. The zero-order chi connectivity index (χ0) is 13.7. The molecule has 2 nitrogen and oxygen atoms in total. The average Bonchev–Trinajstić information content (AvgIpc) is 2.43. The third-order valence-corrected chi connectivity index (χ3v) is 4.55. The van der Waals surface area contributed by atoms with Gasteiger partial charge in [0, 0.05) is 10.5 Å². The molecule has 0 bridgehead atoms. The summed E-state index contributed by atoms with van der Waals surface area (Å²) in [4.78, 5) is 0. The first-order valence-corrected chi connectivity index (χ1v) is 6.65. The molecule has 0 atom stereocenters. The van der Waals surface area contributed by atoms with E-state index >= 15 is 0 Å². The maximum Gasteiger partial charge on any atom is 0.496 e. The quantitative estimate of drug-likeness (QED) is 0.727. The van der Waals surface area contributed by atoms with Gasteiger partial charge in [-0.1, -0.05) is 17.7 Å².